The van der Waals surface area contributed by atoms with Crippen molar-refractivity contribution in [3.8, 4) is 45.7 Å². The van der Waals surface area contributed by atoms with Crippen molar-refractivity contribution in [1.29, 1.82) is 0 Å². The van der Waals surface area contributed by atoms with Crippen LogP contribution in [-0.4, -0.2) is 56.6 Å². The second kappa shape index (κ2) is 9.96. The topological polar surface area (TPSA) is 143 Å². The summed E-state index contributed by atoms with van der Waals surface area (Å²) >= 11 is 0. The predicted molar refractivity (Wildman–Crippen MR) is 126 cm³/mol. The molecule has 1 heterocycles. The molecule has 4 aromatic rings. The fraction of sp³-hybridized carbons (Fsp3) is 0.125. The van der Waals surface area contributed by atoms with E-state index in [1.165, 1.54) is 12.1 Å². The number of aromatic hydroxyl groups is 1. The molecule has 0 saturated carbocycles. The number of phenols is 1. The largest absolute Gasteiger partial charge is 0.507 e. The number of aromatic nitrogens is 3. The van der Waals surface area contributed by atoms with Gasteiger partial charge in [0.1, 0.15) is 30.0 Å². The molecule has 34 heavy (non-hydrogen) atoms. The number of aliphatic hydroxyl groups is 1. The SMILES string of the molecule is O=S(=O)(O)CC(O)COc1ccc(-c2nc(-c3ccccc3)nc(-c3ccccc3)n2)c(O)c1. The van der Waals surface area contributed by atoms with Gasteiger partial charge in [0, 0.05) is 17.2 Å². The van der Waals surface area contributed by atoms with Crippen molar-refractivity contribution in [2.24, 2.45) is 0 Å². The molecule has 4 rings (SSSR count). The first-order valence-corrected chi connectivity index (χ1v) is 11.9. The van der Waals surface area contributed by atoms with Gasteiger partial charge < -0.3 is 14.9 Å². The van der Waals surface area contributed by atoms with Gasteiger partial charge in [0.25, 0.3) is 10.1 Å². The van der Waals surface area contributed by atoms with Crippen molar-refractivity contribution < 1.29 is 27.9 Å². The van der Waals surface area contributed by atoms with Crippen molar-refractivity contribution in [3.05, 3.63) is 78.9 Å². The summed E-state index contributed by atoms with van der Waals surface area (Å²) in [6.45, 7) is -0.388. The first-order chi connectivity index (χ1) is 16.3. The van der Waals surface area contributed by atoms with Gasteiger partial charge in [-0.1, -0.05) is 60.7 Å². The van der Waals surface area contributed by atoms with Gasteiger partial charge in [-0.2, -0.15) is 8.42 Å². The molecule has 0 fully saturated rings. The average Bonchev–Trinajstić information content (AvgIpc) is 2.82. The van der Waals surface area contributed by atoms with Crippen molar-refractivity contribution in [2.45, 2.75) is 6.10 Å². The van der Waals surface area contributed by atoms with Crippen molar-refractivity contribution in [2.75, 3.05) is 12.4 Å². The van der Waals surface area contributed by atoms with Crippen LogP contribution >= 0.6 is 0 Å². The normalized spacial score (nSPS) is 12.3. The Morgan fingerprint density at radius 3 is 1.82 bits per heavy atom. The first-order valence-electron chi connectivity index (χ1n) is 10.2. The molecule has 0 spiro atoms. The second-order valence-electron chi connectivity index (χ2n) is 7.43. The maximum absolute atomic E-state index is 10.8. The van der Waals surface area contributed by atoms with Gasteiger partial charge in [-0.25, -0.2) is 15.0 Å². The smallest absolute Gasteiger partial charge is 0.267 e. The Balaban J connectivity index is 1.67. The Morgan fingerprint density at radius 2 is 1.32 bits per heavy atom. The lowest BCUT2D eigenvalue weighted by molar-refractivity contribution is 0.123. The van der Waals surface area contributed by atoms with E-state index in [4.69, 9.17) is 9.29 Å². The minimum absolute atomic E-state index is 0.175. The summed E-state index contributed by atoms with van der Waals surface area (Å²) in [6.07, 6.45) is -1.43. The zero-order chi connectivity index (χ0) is 24.1. The van der Waals surface area contributed by atoms with E-state index in [-0.39, 0.29) is 23.9 Å². The third-order valence-electron chi connectivity index (χ3n) is 4.75. The van der Waals surface area contributed by atoms with E-state index < -0.39 is 22.0 Å². The van der Waals surface area contributed by atoms with Crippen LogP contribution in [0.2, 0.25) is 0 Å². The Hall–Kier alpha value is -3.86. The zero-order valence-corrected chi connectivity index (χ0v) is 18.6. The fourth-order valence-electron chi connectivity index (χ4n) is 3.20. The van der Waals surface area contributed by atoms with Crippen molar-refractivity contribution in [3.63, 3.8) is 0 Å². The van der Waals surface area contributed by atoms with E-state index >= 15 is 0 Å². The molecule has 10 heteroatoms. The third kappa shape index (κ3) is 5.93. The Bertz CT molecular complexity index is 1320. The molecule has 1 aromatic heterocycles. The van der Waals surface area contributed by atoms with Gasteiger partial charge in [0.15, 0.2) is 17.5 Å². The van der Waals surface area contributed by atoms with E-state index in [0.717, 1.165) is 11.1 Å². The summed E-state index contributed by atoms with van der Waals surface area (Å²) < 4.78 is 35.8. The van der Waals surface area contributed by atoms with Crippen LogP contribution < -0.4 is 4.74 Å². The summed E-state index contributed by atoms with van der Waals surface area (Å²) in [5, 5.41) is 20.3. The maximum atomic E-state index is 10.8. The van der Waals surface area contributed by atoms with E-state index in [2.05, 4.69) is 15.0 Å². The van der Waals surface area contributed by atoms with Crippen molar-refractivity contribution >= 4 is 10.1 Å². The van der Waals surface area contributed by atoms with Gasteiger partial charge in [0.05, 0.1) is 5.56 Å². The second-order valence-corrected chi connectivity index (χ2v) is 8.93. The molecule has 0 saturated heterocycles. The van der Waals surface area contributed by atoms with Gasteiger partial charge in [-0.3, -0.25) is 4.55 Å². The van der Waals surface area contributed by atoms with Gasteiger partial charge >= 0.3 is 0 Å². The Kier molecular flexibility index (Phi) is 6.82. The highest BCUT2D eigenvalue weighted by Crippen LogP contribution is 2.32. The van der Waals surface area contributed by atoms with Crippen LogP contribution in [-0.2, 0) is 10.1 Å². The molecule has 0 amide bonds. The number of aliphatic hydroxyl groups excluding tert-OH is 1. The number of phenolic OH excluding ortho intramolecular Hbond substituents is 1. The van der Waals surface area contributed by atoms with E-state index in [9.17, 15) is 18.6 Å². The van der Waals surface area contributed by atoms with Crippen LogP contribution in [0.3, 0.4) is 0 Å². The highest BCUT2D eigenvalue weighted by atomic mass is 32.2. The molecule has 0 aliphatic carbocycles. The maximum Gasteiger partial charge on any atom is 0.267 e. The first kappa shape index (κ1) is 23.3. The fourth-order valence-corrected chi connectivity index (χ4v) is 3.79. The number of hydrogen-bond donors (Lipinski definition) is 3. The molecular weight excluding hydrogens is 458 g/mol. The molecule has 0 bridgehead atoms. The number of ether oxygens (including phenoxy) is 1. The lowest BCUT2D eigenvalue weighted by Crippen LogP contribution is -2.26. The minimum atomic E-state index is -4.33. The van der Waals surface area contributed by atoms with Crippen molar-refractivity contribution in [1.82, 2.24) is 15.0 Å². The zero-order valence-electron chi connectivity index (χ0n) is 17.8. The van der Waals surface area contributed by atoms with Crippen LogP contribution in [0, 0.1) is 0 Å². The van der Waals surface area contributed by atoms with E-state index in [1.807, 2.05) is 60.7 Å². The van der Waals surface area contributed by atoms with Gasteiger partial charge in [0.2, 0.25) is 0 Å². The summed E-state index contributed by atoms with van der Waals surface area (Å²) in [6, 6.07) is 23.2. The molecular formula is C24H21N3O6S. The molecule has 3 N–H and O–H groups in total. The number of nitrogens with zero attached hydrogens (tertiary/aromatic N) is 3. The summed E-state index contributed by atoms with van der Waals surface area (Å²) in [7, 11) is -4.33. The summed E-state index contributed by atoms with van der Waals surface area (Å²) in [5.41, 5.74) is 1.91. The van der Waals surface area contributed by atoms with E-state index in [1.54, 1.807) is 6.07 Å². The summed E-state index contributed by atoms with van der Waals surface area (Å²) in [4.78, 5) is 13.7. The molecule has 3 aromatic carbocycles. The van der Waals surface area contributed by atoms with Crippen LogP contribution in [0.15, 0.2) is 78.9 Å². The molecule has 174 valence electrons. The minimum Gasteiger partial charge on any atom is -0.507 e. The van der Waals surface area contributed by atoms with Gasteiger partial charge in [-0.15, -0.1) is 0 Å². The standard InChI is InChI=1S/C24H21N3O6S/c28-18(15-34(30,31)32)14-33-19-11-12-20(21(29)13-19)24-26-22(16-7-3-1-4-8-16)25-23(27-24)17-9-5-2-6-10-17/h1-13,18,28-29H,14-15H2,(H,30,31,32). The number of benzene rings is 3. The van der Waals surface area contributed by atoms with Crippen LogP contribution in [0.5, 0.6) is 11.5 Å². The summed E-state index contributed by atoms with van der Waals surface area (Å²) in [5.74, 6) is 0.298. The quantitative estimate of drug-likeness (QED) is 0.325. The Labute approximate surface area is 196 Å². The average molecular weight is 480 g/mol. The molecule has 1 unspecified atom stereocenters. The highest BCUT2D eigenvalue weighted by Gasteiger charge is 2.17. The van der Waals surface area contributed by atoms with E-state index in [0.29, 0.717) is 17.2 Å². The monoisotopic (exact) mass is 479 g/mol. The van der Waals surface area contributed by atoms with Crippen LogP contribution in [0.4, 0.5) is 0 Å². The number of rotatable bonds is 8. The molecule has 9 nitrogen and oxygen atoms in total. The van der Waals surface area contributed by atoms with Crippen LogP contribution in [0.1, 0.15) is 0 Å². The Morgan fingerprint density at radius 1 is 0.794 bits per heavy atom. The highest BCUT2D eigenvalue weighted by molar-refractivity contribution is 7.85. The predicted octanol–water partition coefficient (Wildman–Crippen LogP) is 3.21. The number of hydrogen-bond acceptors (Lipinski definition) is 8. The van der Waals surface area contributed by atoms with Crippen LogP contribution in [0.25, 0.3) is 34.2 Å². The third-order valence-corrected chi connectivity index (χ3v) is 5.56. The molecule has 0 aliphatic rings. The molecule has 0 aliphatic heterocycles. The molecule has 0 radical (unpaired) electrons. The lowest BCUT2D eigenvalue weighted by Gasteiger charge is -2.13. The van der Waals surface area contributed by atoms with Gasteiger partial charge in [-0.05, 0) is 12.1 Å². The lowest BCUT2D eigenvalue weighted by atomic mass is 10.1. The molecule has 1 atom stereocenters.